The van der Waals surface area contributed by atoms with E-state index in [0.717, 1.165) is 27.1 Å². The third kappa shape index (κ3) is 11.2. The van der Waals surface area contributed by atoms with E-state index in [2.05, 4.69) is 61.0 Å². The zero-order valence-corrected chi connectivity index (χ0v) is 35.7. The SMILES string of the molecule is COC(=O)N[C@H](C(=O)Nc1ccccc1CC[C@@H](CO[Si](c1ccccc1)(c1ccccc1)C(C)(C)C)NC(=O)OC(C)(C)C)C(c1ccccc1)c1ccccc1. The molecule has 0 aliphatic heterocycles. The van der Waals surface area contributed by atoms with Gasteiger partial charge < -0.3 is 29.9 Å². The Hall–Kier alpha value is -5.71. The van der Waals surface area contributed by atoms with Crippen molar-refractivity contribution in [3.63, 3.8) is 0 Å². The summed E-state index contributed by atoms with van der Waals surface area (Å²) in [5.41, 5.74) is 2.46. The van der Waals surface area contributed by atoms with Crippen LogP contribution in [0.2, 0.25) is 5.04 Å². The van der Waals surface area contributed by atoms with Gasteiger partial charge in [0, 0.05) is 11.6 Å². The molecule has 3 N–H and O–H groups in total. The van der Waals surface area contributed by atoms with Crippen molar-refractivity contribution in [2.75, 3.05) is 19.0 Å². The number of nitrogens with one attached hydrogen (secondary N) is 3. The van der Waals surface area contributed by atoms with Crippen LogP contribution < -0.4 is 26.3 Å². The Morgan fingerprint density at radius 3 is 1.59 bits per heavy atom. The van der Waals surface area contributed by atoms with Gasteiger partial charge >= 0.3 is 12.2 Å². The van der Waals surface area contributed by atoms with Crippen molar-refractivity contribution in [3.8, 4) is 0 Å². The molecule has 0 saturated carbocycles. The topological polar surface area (TPSA) is 115 Å². The number of amides is 3. The van der Waals surface area contributed by atoms with Crippen molar-refractivity contribution >= 4 is 42.5 Å². The van der Waals surface area contributed by atoms with E-state index in [1.54, 1.807) is 0 Å². The van der Waals surface area contributed by atoms with E-state index in [0.29, 0.717) is 18.5 Å². The Morgan fingerprint density at radius 1 is 0.621 bits per heavy atom. The molecule has 0 aliphatic rings. The molecule has 9 nitrogen and oxygen atoms in total. The van der Waals surface area contributed by atoms with Gasteiger partial charge in [-0.2, -0.15) is 0 Å². The van der Waals surface area contributed by atoms with E-state index in [-0.39, 0.29) is 11.6 Å². The molecular formula is C48H57N3O6Si. The monoisotopic (exact) mass is 799 g/mol. The third-order valence-electron chi connectivity index (χ3n) is 10.1. The number of carbonyl (C=O) groups is 3. The van der Waals surface area contributed by atoms with Crippen molar-refractivity contribution in [1.82, 2.24) is 10.6 Å². The summed E-state index contributed by atoms with van der Waals surface area (Å²) < 4.78 is 18.0. The first-order chi connectivity index (χ1) is 27.7. The number of alkyl carbamates (subject to hydrolysis) is 2. The quantitative estimate of drug-likeness (QED) is 0.0915. The Kier molecular flexibility index (Phi) is 14.7. The first-order valence-corrected chi connectivity index (χ1v) is 21.7. The highest BCUT2D eigenvalue weighted by molar-refractivity contribution is 6.99. The third-order valence-corrected chi connectivity index (χ3v) is 15.1. The van der Waals surface area contributed by atoms with Gasteiger partial charge in [0.2, 0.25) is 5.91 Å². The van der Waals surface area contributed by atoms with Crippen LogP contribution in [0, 0.1) is 0 Å². The smallest absolute Gasteiger partial charge is 0.407 e. The first-order valence-electron chi connectivity index (χ1n) is 19.8. The van der Waals surface area contributed by atoms with Gasteiger partial charge in [0.15, 0.2) is 0 Å². The van der Waals surface area contributed by atoms with E-state index in [1.807, 2.05) is 142 Å². The summed E-state index contributed by atoms with van der Waals surface area (Å²) in [7, 11) is -1.66. The molecule has 5 aromatic carbocycles. The summed E-state index contributed by atoms with van der Waals surface area (Å²) in [6, 6.07) is 46.1. The van der Waals surface area contributed by atoms with Crippen LogP contribution in [0.3, 0.4) is 0 Å². The molecule has 0 bridgehead atoms. The van der Waals surface area contributed by atoms with Crippen LogP contribution in [-0.4, -0.2) is 57.8 Å². The van der Waals surface area contributed by atoms with E-state index in [9.17, 15) is 14.4 Å². The Bertz CT molecular complexity index is 1990. The Labute approximate surface area is 344 Å². The van der Waals surface area contributed by atoms with Gasteiger partial charge in [0.05, 0.1) is 19.8 Å². The van der Waals surface area contributed by atoms with Crippen molar-refractivity contribution in [3.05, 3.63) is 162 Å². The maximum Gasteiger partial charge on any atom is 0.407 e. The largest absolute Gasteiger partial charge is 0.453 e. The second kappa shape index (κ2) is 19.6. The number of carbonyl (C=O) groups excluding carboxylic acids is 3. The van der Waals surface area contributed by atoms with E-state index in [1.165, 1.54) is 7.11 Å². The maximum absolute atomic E-state index is 14.4. The predicted octanol–water partition coefficient (Wildman–Crippen LogP) is 8.58. The zero-order chi connectivity index (χ0) is 41.8. The summed E-state index contributed by atoms with van der Waals surface area (Å²) in [5, 5.41) is 11.1. The summed E-state index contributed by atoms with van der Waals surface area (Å²) >= 11 is 0. The molecule has 5 rings (SSSR count). The van der Waals surface area contributed by atoms with Gasteiger partial charge in [-0.25, -0.2) is 9.59 Å². The van der Waals surface area contributed by atoms with E-state index < -0.39 is 50.0 Å². The molecular weight excluding hydrogens is 743 g/mol. The maximum atomic E-state index is 14.4. The molecule has 304 valence electrons. The van der Waals surface area contributed by atoms with Crippen LogP contribution in [0.4, 0.5) is 15.3 Å². The zero-order valence-electron chi connectivity index (χ0n) is 34.7. The fourth-order valence-electron chi connectivity index (χ4n) is 7.44. The fraction of sp³-hybridized carbons (Fsp3) is 0.312. The van der Waals surface area contributed by atoms with E-state index >= 15 is 0 Å². The predicted molar refractivity (Wildman–Crippen MR) is 234 cm³/mol. The first kappa shape index (κ1) is 43.4. The highest BCUT2D eigenvalue weighted by Crippen LogP contribution is 2.37. The minimum atomic E-state index is -2.94. The number of methoxy groups -OCH3 is 1. The van der Waals surface area contributed by atoms with Gasteiger partial charge in [-0.05, 0) is 71.8 Å². The van der Waals surface area contributed by atoms with Crippen LogP contribution in [0.25, 0.3) is 0 Å². The average Bonchev–Trinajstić information content (AvgIpc) is 3.20. The molecule has 0 saturated heterocycles. The summed E-state index contributed by atoms with van der Waals surface area (Å²) in [6.45, 7) is 12.4. The van der Waals surface area contributed by atoms with Gasteiger partial charge in [0.25, 0.3) is 8.32 Å². The van der Waals surface area contributed by atoms with Crippen LogP contribution in [0.15, 0.2) is 146 Å². The number of para-hydroxylation sites is 1. The van der Waals surface area contributed by atoms with Crippen molar-refractivity contribution in [1.29, 1.82) is 0 Å². The molecule has 2 atom stereocenters. The lowest BCUT2D eigenvalue weighted by Gasteiger charge is -2.43. The van der Waals surface area contributed by atoms with Crippen LogP contribution in [0.5, 0.6) is 0 Å². The minimum absolute atomic E-state index is 0.224. The Balaban J connectivity index is 1.45. The molecule has 5 aromatic rings. The molecule has 0 heterocycles. The second-order valence-electron chi connectivity index (χ2n) is 16.4. The minimum Gasteiger partial charge on any atom is -0.453 e. The lowest BCUT2D eigenvalue weighted by atomic mass is 9.84. The van der Waals surface area contributed by atoms with Gasteiger partial charge in [-0.15, -0.1) is 0 Å². The van der Waals surface area contributed by atoms with Crippen LogP contribution in [-0.2, 0) is 25.1 Å². The van der Waals surface area contributed by atoms with E-state index in [4.69, 9.17) is 13.9 Å². The molecule has 0 radical (unpaired) electrons. The highest BCUT2D eigenvalue weighted by atomic mass is 28.4. The molecule has 0 aromatic heterocycles. The molecule has 3 amide bonds. The number of ether oxygens (including phenoxy) is 2. The van der Waals surface area contributed by atoms with Crippen molar-refractivity contribution in [2.45, 2.75) is 83.0 Å². The lowest BCUT2D eigenvalue weighted by molar-refractivity contribution is -0.118. The summed E-state index contributed by atoms with van der Waals surface area (Å²) in [6.07, 6.45) is -0.293. The molecule has 0 fully saturated rings. The van der Waals surface area contributed by atoms with Gasteiger partial charge in [0.1, 0.15) is 11.6 Å². The molecule has 10 heteroatoms. The number of hydrogen-bond donors (Lipinski definition) is 3. The number of anilines is 1. The normalized spacial score (nSPS) is 12.9. The number of rotatable bonds is 15. The van der Waals surface area contributed by atoms with Crippen molar-refractivity contribution in [2.24, 2.45) is 0 Å². The number of hydrogen-bond acceptors (Lipinski definition) is 6. The number of benzene rings is 5. The van der Waals surface area contributed by atoms with Gasteiger partial charge in [-0.3, -0.25) is 4.79 Å². The molecule has 58 heavy (non-hydrogen) atoms. The Morgan fingerprint density at radius 2 is 1.10 bits per heavy atom. The lowest BCUT2D eigenvalue weighted by Crippen LogP contribution is -2.67. The average molecular weight is 800 g/mol. The van der Waals surface area contributed by atoms with Crippen LogP contribution >= 0.6 is 0 Å². The molecule has 0 spiro atoms. The highest BCUT2D eigenvalue weighted by Gasteiger charge is 2.50. The molecule has 0 aliphatic carbocycles. The van der Waals surface area contributed by atoms with Crippen molar-refractivity contribution < 1.29 is 28.3 Å². The van der Waals surface area contributed by atoms with Crippen LogP contribution in [0.1, 0.15) is 70.6 Å². The fourth-order valence-corrected chi connectivity index (χ4v) is 12.0. The van der Waals surface area contributed by atoms with Gasteiger partial charge in [-0.1, -0.05) is 160 Å². The second-order valence-corrected chi connectivity index (χ2v) is 20.7. The summed E-state index contributed by atoms with van der Waals surface area (Å²) in [4.78, 5) is 40.6. The number of aryl methyl sites for hydroxylation is 1. The summed E-state index contributed by atoms with van der Waals surface area (Å²) in [5.74, 6) is -0.927. The molecule has 0 unspecified atom stereocenters. The standard InChI is InChI=1S/C48H57N3O6Si/c1-47(2,3)57-46(54)49-38(34-56-58(48(4,5)6,39-27-16-10-17-28-39)40-29-18-11-19-30-40)33-32-35-22-20-21-31-41(35)50-44(52)43(51-45(53)55-7)42(36-23-12-8-13-24-36)37-25-14-9-15-26-37/h8-31,38,42-43H,32-34H2,1-7H3,(H,49,54)(H,50,52)(H,51,53)/t38-,43-/m0/s1.